The lowest BCUT2D eigenvalue weighted by atomic mass is 10.1. The van der Waals surface area contributed by atoms with E-state index in [1.807, 2.05) is 5.32 Å². The van der Waals surface area contributed by atoms with Gasteiger partial charge >= 0.3 is 12.0 Å². The molecular formula is C17H14ClFN2O4. The molecule has 0 fully saturated rings. The van der Waals surface area contributed by atoms with E-state index < -0.39 is 29.8 Å². The van der Waals surface area contributed by atoms with E-state index >= 15 is 0 Å². The van der Waals surface area contributed by atoms with E-state index in [1.165, 1.54) is 13.1 Å². The predicted molar refractivity (Wildman–Crippen MR) is 88.6 cm³/mol. The van der Waals surface area contributed by atoms with E-state index in [1.54, 1.807) is 30.3 Å². The van der Waals surface area contributed by atoms with Gasteiger partial charge in [0.05, 0.1) is 5.56 Å². The first-order valence-electron chi connectivity index (χ1n) is 7.16. The van der Waals surface area contributed by atoms with Crippen LogP contribution in [0.4, 0.5) is 9.18 Å². The number of ether oxygens (including phenoxy) is 1. The molecule has 2 aromatic rings. The van der Waals surface area contributed by atoms with Gasteiger partial charge in [0.15, 0.2) is 0 Å². The molecule has 2 N–H and O–H groups in total. The van der Waals surface area contributed by atoms with Gasteiger partial charge in [-0.3, -0.25) is 10.1 Å². The van der Waals surface area contributed by atoms with Gasteiger partial charge in [-0.1, -0.05) is 41.9 Å². The molecule has 3 amide bonds. The van der Waals surface area contributed by atoms with Crippen LogP contribution < -0.4 is 10.6 Å². The van der Waals surface area contributed by atoms with E-state index in [0.717, 1.165) is 12.1 Å². The van der Waals surface area contributed by atoms with Crippen LogP contribution in [0.15, 0.2) is 48.5 Å². The third kappa shape index (κ3) is 4.77. The van der Waals surface area contributed by atoms with E-state index in [9.17, 15) is 18.8 Å². The molecule has 6 nitrogen and oxygen atoms in total. The smallest absolute Gasteiger partial charge is 0.342 e. The lowest BCUT2D eigenvalue weighted by molar-refractivity contribution is -0.129. The van der Waals surface area contributed by atoms with Crippen LogP contribution in [0.2, 0.25) is 5.02 Å². The third-order valence-corrected chi connectivity index (χ3v) is 3.42. The van der Waals surface area contributed by atoms with Crippen molar-refractivity contribution in [3.63, 3.8) is 0 Å². The Hall–Kier alpha value is -2.93. The van der Waals surface area contributed by atoms with Crippen LogP contribution in [0, 0.1) is 5.82 Å². The Balaban J connectivity index is 2.28. The van der Waals surface area contributed by atoms with Gasteiger partial charge in [-0.2, -0.15) is 0 Å². The quantitative estimate of drug-likeness (QED) is 0.817. The Labute approximate surface area is 147 Å². The van der Waals surface area contributed by atoms with Gasteiger partial charge in [0, 0.05) is 17.6 Å². The molecule has 0 aliphatic carbocycles. The number of amides is 3. The highest BCUT2D eigenvalue weighted by Crippen LogP contribution is 2.22. The Kier molecular flexibility index (Phi) is 6.08. The van der Waals surface area contributed by atoms with Gasteiger partial charge in [0.25, 0.3) is 5.91 Å². The molecule has 0 heterocycles. The Morgan fingerprint density at radius 3 is 2.40 bits per heavy atom. The number of urea groups is 1. The molecule has 0 unspecified atom stereocenters. The molecule has 1 atom stereocenters. The summed E-state index contributed by atoms with van der Waals surface area (Å²) in [4.78, 5) is 35.8. The fraction of sp³-hybridized carbons (Fsp3) is 0.118. The normalized spacial score (nSPS) is 11.3. The van der Waals surface area contributed by atoms with Crippen molar-refractivity contribution in [1.82, 2.24) is 10.6 Å². The van der Waals surface area contributed by atoms with Crippen LogP contribution in [0.3, 0.4) is 0 Å². The van der Waals surface area contributed by atoms with E-state index in [4.69, 9.17) is 16.3 Å². The monoisotopic (exact) mass is 364 g/mol. The second kappa shape index (κ2) is 8.25. The molecule has 2 aromatic carbocycles. The van der Waals surface area contributed by atoms with Gasteiger partial charge in [-0.25, -0.2) is 14.0 Å². The molecule has 0 saturated heterocycles. The number of nitrogens with one attached hydrogen (secondary N) is 2. The minimum atomic E-state index is -1.43. The fourth-order valence-electron chi connectivity index (χ4n) is 1.97. The van der Waals surface area contributed by atoms with Crippen molar-refractivity contribution < 1.29 is 23.5 Å². The molecule has 0 aromatic heterocycles. The van der Waals surface area contributed by atoms with Crippen LogP contribution in [0.1, 0.15) is 22.0 Å². The number of halogens is 2. The van der Waals surface area contributed by atoms with Crippen molar-refractivity contribution in [3.8, 4) is 0 Å². The zero-order chi connectivity index (χ0) is 18.4. The Morgan fingerprint density at radius 1 is 1.12 bits per heavy atom. The van der Waals surface area contributed by atoms with E-state index in [-0.39, 0.29) is 10.6 Å². The van der Waals surface area contributed by atoms with Crippen LogP contribution in [-0.2, 0) is 9.53 Å². The number of benzene rings is 2. The number of carbonyl (C=O) groups excluding carboxylic acids is 3. The summed E-state index contributed by atoms with van der Waals surface area (Å²) in [5.41, 5.74) is -0.0512. The van der Waals surface area contributed by atoms with E-state index in [0.29, 0.717) is 5.56 Å². The second-order valence-electron chi connectivity index (χ2n) is 4.89. The fourth-order valence-corrected chi connectivity index (χ4v) is 2.13. The van der Waals surface area contributed by atoms with Gasteiger partial charge in [-0.05, 0) is 18.2 Å². The highest BCUT2D eigenvalue weighted by molar-refractivity contribution is 6.30. The first-order valence-corrected chi connectivity index (χ1v) is 7.53. The van der Waals surface area contributed by atoms with E-state index in [2.05, 4.69) is 5.32 Å². The number of hydrogen-bond acceptors (Lipinski definition) is 4. The van der Waals surface area contributed by atoms with Gasteiger partial charge in [0.2, 0.25) is 6.10 Å². The minimum Gasteiger partial charge on any atom is -0.444 e. The summed E-state index contributed by atoms with van der Waals surface area (Å²) in [6, 6.07) is 10.7. The molecule has 8 heteroatoms. The first kappa shape index (κ1) is 18.4. The maximum absolute atomic E-state index is 13.9. The van der Waals surface area contributed by atoms with Crippen LogP contribution >= 0.6 is 11.6 Å². The molecule has 0 aliphatic heterocycles. The minimum absolute atomic E-state index is 0.117. The van der Waals surface area contributed by atoms with Gasteiger partial charge in [-0.15, -0.1) is 0 Å². The molecule has 0 spiro atoms. The lowest BCUT2D eigenvalue weighted by Gasteiger charge is -2.17. The number of rotatable bonds is 4. The average molecular weight is 365 g/mol. The van der Waals surface area contributed by atoms with Gasteiger partial charge in [0.1, 0.15) is 5.82 Å². The Bertz CT molecular complexity index is 798. The second-order valence-corrected chi connectivity index (χ2v) is 5.33. The molecule has 0 aliphatic rings. The van der Waals surface area contributed by atoms with Crippen molar-refractivity contribution in [2.24, 2.45) is 0 Å². The van der Waals surface area contributed by atoms with Crippen molar-refractivity contribution in [1.29, 1.82) is 0 Å². The first-order chi connectivity index (χ1) is 11.9. The number of esters is 1. The topological polar surface area (TPSA) is 84.5 Å². The average Bonchev–Trinajstić information content (AvgIpc) is 2.59. The largest absolute Gasteiger partial charge is 0.444 e. The molecule has 0 bridgehead atoms. The summed E-state index contributed by atoms with van der Waals surface area (Å²) in [6.45, 7) is 0. The SMILES string of the molecule is CNC(=O)NC(=O)[C@H](OC(=O)c1ccc(Cl)cc1F)c1ccccc1. The maximum atomic E-state index is 13.9. The van der Waals surface area contributed by atoms with Crippen molar-refractivity contribution in [2.45, 2.75) is 6.10 Å². The highest BCUT2D eigenvalue weighted by atomic mass is 35.5. The van der Waals surface area contributed by atoms with Crippen molar-refractivity contribution >= 4 is 29.5 Å². The molecule has 0 radical (unpaired) electrons. The van der Waals surface area contributed by atoms with Crippen molar-refractivity contribution in [3.05, 3.63) is 70.5 Å². The molecule has 2 rings (SSSR count). The summed E-state index contributed by atoms with van der Waals surface area (Å²) in [7, 11) is 1.33. The zero-order valence-corrected chi connectivity index (χ0v) is 13.8. The summed E-state index contributed by atoms with van der Waals surface area (Å²) >= 11 is 5.65. The molecular weight excluding hydrogens is 351 g/mol. The van der Waals surface area contributed by atoms with Crippen molar-refractivity contribution in [2.75, 3.05) is 7.05 Å². The third-order valence-electron chi connectivity index (χ3n) is 3.18. The standard InChI is InChI=1S/C17H14ClFN2O4/c1-20-17(24)21-15(22)14(10-5-3-2-4-6-10)25-16(23)12-8-7-11(18)9-13(12)19/h2-9,14H,1H3,(H2,20,21,22,24)/t14-/m1/s1. The van der Waals surface area contributed by atoms with Crippen LogP contribution in [-0.4, -0.2) is 25.0 Å². The number of imide groups is 1. The zero-order valence-electron chi connectivity index (χ0n) is 13.1. The number of carbonyl (C=O) groups is 3. The maximum Gasteiger partial charge on any atom is 0.342 e. The summed E-state index contributed by atoms with van der Waals surface area (Å²) < 4.78 is 19.0. The summed E-state index contributed by atoms with van der Waals surface area (Å²) in [6.07, 6.45) is -1.43. The van der Waals surface area contributed by atoms with Gasteiger partial charge < -0.3 is 10.1 Å². The molecule has 0 saturated carbocycles. The summed E-state index contributed by atoms with van der Waals surface area (Å²) in [5.74, 6) is -2.81. The Morgan fingerprint density at radius 2 is 1.80 bits per heavy atom. The van der Waals surface area contributed by atoms with Crippen LogP contribution in [0.25, 0.3) is 0 Å². The number of hydrogen-bond donors (Lipinski definition) is 2. The predicted octanol–water partition coefficient (Wildman–Crippen LogP) is 2.83. The van der Waals surface area contributed by atoms with Crippen LogP contribution in [0.5, 0.6) is 0 Å². The summed E-state index contributed by atoms with van der Waals surface area (Å²) in [5, 5.41) is 4.36. The molecule has 130 valence electrons. The molecule has 25 heavy (non-hydrogen) atoms. The highest BCUT2D eigenvalue weighted by Gasteiger charge is 2.28. The lowest BCUT2D eigenvalue weighted by Crippen LogP contribution is -2.41.